The van der Waals surface area contributed by atoms with Crippen LogP contribution in [0.5, 0.6) is 5.75 Å². The van der Waals surface area contributed by atoms with E-state index >= 15 is 0 Å². The zero-order chi connectivity index (χ0) is 14.5. The van der Waals surface area contributed by atoms with Gasteiger partial charge in [0.25, 0.3) is 5.91 Å². The first-order valence-electron chi connectivity index (χ1n) is 6.46. The van der Waals surface area contributed by atoms with Crippen molar-refractivity contribution >= 4 is 11.6 Å². The van der Waals surface area contributed by atoms with Crippen molar-refractivity contribution in [3.63, 3.8) is 0 Å². The highest BCUT2D eigenvalue weighted by Gasteiger charge is 2.24. The predicted molar refractivity (Wildman–Crippen MR) is 73.0 cm³/mol. The Morgan fingerprint density at radius 3 is 2.95 bits per heavy atom. The monoisotopic (exact) mass is 279 g/mol. The maximum absolute atomic E-state index is 12.2. The standard InChI is InChI=1S/C13H17N3O4/c1-20-12-10(5-2-6-11(12)16(18)19)13(17)15-9-4-3-7-14-8-9/h2,5-6,9,14H,3-4,7-8H2,1H3,(H,15,17)/t9-/m1/s1. The fourth-order valence-corrected chi connectivity index (χ4v) is 2.30. The van der Waals surface area contributed by atoms with Crippen LogP contribution in [0.4, 0.5) is 5.69 Å². The predicted octanol–water partition coefficient (Wildman–Crippen LogP) is 1.09. The van der Waals surface area contributed by atoms with Crippen molar-refractivity contribution in [3.8, 4) is 5.75 Å². The number of methoxy groups -OCH3 is 1. The number of nitrogens with zero attached hydrogens (tertiary/aromatic N) is 1. The fourth-order valence-electron chi connectivity index (χ4n) is 2.30. The molecule has 1 amide bonds. The van der Waals surface area contributed by atoms with Gasteiger partial charge in [0.2, 0.25) is 5.75 Å². The first kappa shape index (κ1) is 14.3. The highest BCUT2D eigenvalue weighted by atomic mass is 16.6. The molecule has 108 valence electrons. The second kappa shape index (κ2) is 6.33. The quantitative estimate of drug-likeness (QED) is 0.635. The second-order valence-electron chi connectivity index (χ2n) is 4.63. The molecule has 1 aliphatic rings. The summed E-state index contributed by atoms with van der Waals surface area (Å²) in [5, 5.41) is 17.0. The molecule has 0 aromatic heterocycles. The molecule has 2 rings (SSSR count). The van der Waals surface area contributed by atoms with Gasteiger partial charge in [0, 0.05) is 18.7 Å². The summed E-state index contributed by atoms with van der Waals surface area (Å²) in [5.74, 6) is -0.349. The molecule has 1 aliphatic heterocycles. The van der Waals surface area contributed by atoms with E-state index in [1.807, 2.05) is 0 Å². The van der Waals surface area contributed by atoms with Crippen LogP contribution in [0.15, 0.2) is 18.2 Å². The van der Waals surface area contributed by atoms with Crippen molar-refractivity contribution in [2.75, 3.05) is 20.2 Å². The molecular formula is C13H17N3O4. The molecular weight excluding hydrogens is 262 g/mol. The summed E-state index contributed by atoms with van der Waals surface area (Å²) in [4.78, 5) is 22.6. The van der Waals surface area contributed by atoms with Crippen LogP contribution in [0.1, 0.15) is 23.2 Å². The molecule has 20 heavy (non-hydrogen) atoms. The Bertz CT molecular complexity index is 512. The Balaban J connectivity index is 2.20. The van der Waals surface area contributed by atoms with E-state index in [2.05, 4.69) is 10.6 Å². The lowest BCUT2D eigenvalue weighted by Gasteiger charge is -2.24. The number of benzene rings is 1. The first-order valence-corrected chi connectivity index (χ1v) is 6.46. The van der Waals surface area contributed by atoms with E-state index in [0.29, 0.717) is 6.54 Å². The lowest BCUT2D eigenvalue weighted by atomic mass is 10.1. The Labute approximate surface area is 116 Å². The number of piperidine rings is 1. The molecule has 1 saturated heterocycles. The van der Waals surface area contributed by atoms with Crippen molar-refractivity contribution in [3.05, 3.63) is 33.9 Å². The van der Waals surface area contributed by atoms with Gasteiger partial charge < -0.3 is 15.4 Å². The van der Waals surface area contributed by atoms with E-state index in [1.165, 1.54) is 25.3 Å². The van der Waals surface area contributed by atoms with Gasteiger partial charge in [-0.1, -0.05) is 6.07 Å². The minimum atomic E-state index is -0.558. The molecule has 0 aliphatic carbocycles. The fraction of sp³-hybridized carbons (Fsp3) is 0.462. The SMILES string of the molecule is COc1c(C(=O)N[C@@H]2CCCNC2)cccc1[N+](=O)[O-]. The Morgan fingerprint density at radius 2 is 2.35 bits per heavy atom. The van der Waals surface area contributed by atoms with Gasteiger partial charge in [-0.05, 0) is 25.5 Å². The van der Waals surface area contributed by atoms with Gasteiger partial charge in [-0.3, -0.25) is 14.9 Å². The van der Waals surface area contributed by atoms with E-state index in [-0.39, 0.29) is 28.9 Å². The zero-order valence-electron chi connectivity index (χ0n) is 11.2. The van der Waals surface area contributed by atoms with E-state index in [9.17, 15) is 14.9 Å². The number of nitro benzene ring substituents is 1. The Kier molecular flexibility index (Phi) is 4.52. The lowest BCUT2D eigenvalue weighted by molar-refractivity contribution is -0.385. The van der Waals surface area contributed by atoms with Gasteiger partial charge in [0.1, 0.15) is 0 Å². The number of hydrogen-bond acceptors (Lipinski definition) is 5. The maximum atomic E-state index is 12.2. The number of ether oxygens (including phenoxy) is 1. The van der Waals surface area contributed by atoms with Crippen LogP contribution < -0.4 is 15.4 Å². The third-order valence-corrected chi connectivity index (χ3v) is 3.27. The lowest BCUT2D eigenvalue weighted by Crippen LogP contribution is -2.45. The minimum absolute atomic E-state index is 0.00114. The average molecular weight is 279 g/mol. The topological polar surface area (TPSA) is 93.5 Å². The molecule has 1 atom stereocenters. The number of nitrogens with one attached hydrogen (secondary N) is 2. The summed E-state index contributed by atoms with van der Waals surface area (Å²) >= 11 is 0. The van der Waals surface area contributed by atoms with Crippen LogP contribution in [0.25, 0.3) is 0 Å². The molecule has 0 bridgehead atoms. The van der Waals surface area contributed by atoms with Crippen molar-refractivity contribution in [1.29, 1.82) is 0 Å². The molecule has 0 radical (unpaired) electrons. The van der Waals surface area contributed by atoms with Gasteiger partial charge in [-0.2, -0.15) is 0 Å². The molecule has 7 heteroatoms. The van der Waals surface area contributed by atoms with Gasteiger partial charge in [-0.25, -0.2) is 0 Å². The minimum Gasteiger partial charge on any atom is -0.490 e. The molecule has 1 aromatic carbocycles. The zero-order valence-corrected chi connectivity index (χ0v) is 11.2. The van der Waals surface area contributed by atoms with Gasteiger partial charge in [0.15, 0.2) is 0 Å². The number of para-hydroxylation sites is 1. The second-order valence-corrected chi connectivity index (χ2v) is 4.63. The summed E-state index contributed by atoms with van der Waals surface area (Å²) < 4.78 is 5.03. The number of hydrogen-bond donors (Lipinski definition) is 2. The van der Waals surface area contributed by atoms with Crippen LogP contribution >= 0.6 is 0 Å². The summed E-state index contributed by atoms with van der Waals surface area (Å²) in [6.45, 7) is 1.66. The van der Waals surface area contributed by atoms with E-state index in [1.54, 1.807) is 0 Å². The van der Waals surface area contributed by atoms with Crippen LogP contribution in [0, 0.1) is 10.1 Å². The number of nitro groups is 1. The van der Waals surface area contributed by atoms with Crippen molar-refractivity contribution < 1.29 is 14.5 Å². The maximum Gasteiger partial charge on any atom is 0.311 e. The van der Waals surface area contributed by atoms with Crippen LogP contribution in [0.3, 0.4) is 0 Å². The van der Waals surface area contributed by atoms with E-state index in [4.69, 9.17) is 4.74 Å². The third-order valence-electron chi connectivity index (χ3n) is 3.27. The van der Waals surface area contributed by atoms with Crippen molar-refractivity contribution in [2.45, 2.75) is 18.9 Å². The highest BCUT2D eigenvalue weighted by molar-refractivity contribution is 5.98. The summed E-state index contributed by atoms with van der Waals surface area (Å²) in [5.41, 5.74) is -0.0193. The molecule has 1 heterocycles. The first-order chi connectivity index (χ1) is 9.63. The third kappa shape index (κ3) is 3.05. The van der Waals surface area contributed by atoms with E-state index < -0.39 is 4.92 Å². The number of rotatable bonds is 4. The van der Waals surface area contributed by atoms with Crippen LogP contribution in [-0.2, 0) is 0 Å². The number of amides is 1. The van der Waals surface area contributed by atoms with Crippen LogP contribution in [-0.4, -0.2) is 37.1 Å². The molecule has 1 aromatic rings. The Morgan fingerprint density at radius 1 is 1.55 bits per heavy atom. The van der Waals surface area contributed by atoms with Gasteiger partial charge in [0.05, 0.1) is 17.6 Å². The molecule has 7 nitrogen and oxygen atoms in total. The molecule has 0 unspecified atom stereocenters. The number of carbonyl (C=O) groups excluding carboxylic acids is 1. The number of carbonyl (C=O) groups is 1. The highest BCUT2D eigenvalue weighted by Crippen LogP contribution is 2.30. The molecule has 0 spiro atoms. The van der Waals surface area contributed by atoms with E-state index in [0.717, 1.165) is 19.4 Å². The van der Waals surface area contributed by atoms with Crippen molar-refractivity contribution in [2.24, 2.45) is 0 Å². The summed E-state index contributed by atoms with van der Waals surface area (Å²) in [6, 6.07) is 4.37. The van der Waals surface area contributed by atoms with Crippen LogP contribution in [0.2, 0.25) is 0 Å². The normalized spacial score (nSPS) is 18.4. The van der Waals surface area contributed by atoms with Gasteiger partial charge >= 0.3 is 5.69 Å². The summed E-state index contributed by atoms with van der Waals surface area (Å²) in [7, 11) is 1.32. The largest absolute Gasteiger partial charge is 0.490 e. The smallest absolute Gasteiger partial charge is 0.311 e. The molecule has 0 saturated carbocycles. The van der Waals surface area contributed by atoms with Crippen molar-refractivity contribution in [1.82, 2.24) is 10.6 Å². The molecule has 1 fully saturated rings. The summed E-state index contributed by atoms with van der Waals surface area (Å²) in [6.07, 6.45) is 1.90. The van der Waals surface area contributed by atoms with Gasteiger partial charge in [-0.15, -0.1) is 0 Å². The Hall–Kier alpha value is -2.15. The average Bonchev–Trinajstić information content (AvgIpc) is 2.47. The molecule has 2 N–H and O–H groups in total.